The summed E-state index contributed by atoms with van der Waals surface area (Å²) in [6, 6.07) is 17.4. The molecule has 2 heterocycles. The molecular weight excluding hydrogens is 386 g/mol. The van der Waals surface area contributed by atoms with Gasteiger partial charge in [-0.05, 0) is 49.1 Å². The Bertz CT molecular complexity index is 1020. The molecule has 0 radical (unpaired) electrons. The van der Waals surface area contributed by atoms with E-state index in [4.69, 9.17) is 11.6 Å². The second-order valence-electron chi connectivity index (χ2n) is 7.51. The van der Waals surface area contributed by atoms with E-state index >= 15 is 0 Å². The number of nitrogens with one attached hydrogen (secondary N) is 1. The van der Waals surface area contributed by atoms with Crippen molar-refractivity contribution < 1.29 is 9.90 Å². The Hall–Kier alpha value is -2.63. The van der Waals surface area contributed by atoms with Crippen LogP contribution < -0.4 is 5.32 Å². The van der Waals surface area contributed by atoms with Gasteiger partial charge < -0.3 is 15.3 Å². The molecule has 29 heavy (non-hydrogen) atoms. The molecule has 3 aromatic rings. The van der Waals surface area contributed by atoms with Gasteiger partial charge in [0, 0.05) is 48.4 Å². The highest BCUT2D eigenvalue weighted by molar-refractivity contribution is 6.30. The number of carbonyl (C=O) groups excluding carboxylic acids is 1. The lowest BCUT2D eigenvalue weighted by molar-refractivity contribution is 0.0621. The van der Waals surface area contributed by atoms with E-state index in [1.165, 1.54) is 0 Å². The fourth-order valence-electron chi connectivity index (χ4n) is 3.80. The zero-order chi connectivity index (χ0) is 20.2. The number of rotatable bonds is 5. The molecule has 0 saturated carbocycles. The largest absolute Gasteiger partial charge is 0.396 e. The number of aliphatic hydroxyl groups excluding tert-OH is 1. The van der Waals surface area contributed by atoms with Crippen molar-refractivity contribution in [1.29, 1.82) is 0 Å². The summed E-state index contributed by atoms with van der Waals surface area (Å²) in [6.45, 7) is 2.01. The second-order valence-corrected chi connectivity index (χ2v) is 7.87. The molecule has 1 atom stereocenters. The third-order valence-corrected chi connectivity index (χ3v) is 5.73. The van der Waals surface area contributed by atoms with Gasteiger partial charge in [0.15, 0.2) is 0 Å². The average molecular weight is 410 g/mol. The molecule has 1 fully saturated rings. The maximum Gasteiger partial charge on any atom is 0.253 e. The van der Waals surface area contributed by atoms with E-state index in [0.717, 1.165) is 41.5 Å². The fourth-order valence-corrected chi connectivity index (χ4v) is 4.01. The number of halogens is 1. The Morgan fingerprint density at radius 3 is 2.93 bits per heavy atom. The van der Waals surface area contributed by atoms with E-state index in [1.807, 2.05) is 59.5 Å². The Balaban J connectivity index is 1.47. The minimum Gasteiger partial charge on any atom is -0.396 e. The molecule has 150 valence electrons. The van der Waals surface area contributed by atoms with Crippen LogP contribution in [0.15, 0.2) is 54.6 Å². The predicted molar refractivity (Wildman–Crippen MR) is 116 cm³/mol. The normalized spacial score (nSPS) is 16.8. The first-order valence-corrected chi connectivity index (χ1v) is 10.3. The lowest BCUT2D eigenvalue weighted by atomic mass is 9.98. The second kappa shape index (κ2) is 8.80. The Morgan fingerprint density at radius 2 is 2.07 bits per heavy atom. The number of nitrogens with zero attached hydrogens (tertiary/aromatic N) is 2. The van der Waals surface area contributed by atoms with Gasteiger partial charge in [-0.1, -0.05) is 35.9 Å². The number of carbonyl (C=O) groups is 1. The predicted octanol–water partition coefficient (Wildman–Crippen LogP) is 4.34. The minimum absolute atomic E-state index is 0.0113. The maximum absolute atomic E-state index is 12.9. The summed E-state index contributed by atoms with van der Waals surface area (Å²) < 4.78 is 0. The zero-order valence-electron chi connectivity index (χ0n) is 16.1. The van der Waals surface area contributed by atoms with Crippen molar-refractivity contribution in [1.82, 2.24) is 9.88 Å². The van der Waals surface area contributed by atoms with E-state index in [9.17, 15) is 9.90 Å². The van der Waals surface area contributed by atoms with E-state index in [2.05, 4.69) is 10.3 Å². The summed E-state index contributed by atoms with van der Waals surface area (Å²) >= 11 is 6.35. The van der Waals surface area contributed by atoms with Crippen molar-refractivity contribution in [2.24, 2.45) is 5.92 Å². The van der Waals surface area contributed by atoms with Crippen LogP contribution in [0.5, 0.6) is 0 Å². The Morgan fingerprint density at radius 1 is 1.21 bits per heavy atom. The summed E-state index contributed by atoms with van der Waals surface area (Å²) in [5.74, 6) is 0.189. The number of piperidine rings is 1. The van der Waals surface area contributed by atoms with Gasteiger partial charge in [-0.2, -0.15) is 0 Å². The molecule has 1 amide bonds. The van der Waals surface area contributed by atoms with Crippen LogP contribution >= 0.6 is 11.6 Å². The lowest BCUT2D eigenvalue weighted by Crippen LogP contribution is -2.40. The zero-order valence-corrected chi connectivity index (χ0v) is 16.9. The van der Waals surface area contributed by atoms with Crippen LogP contribution in [0.1, 0.15) is 28.8 Å². The summed E-state index contributed by atoms with van der Waals surface area (Å²) in [5.41, 5.74) is 3.28. The standard InChI is InChI=1S/C23H24ClN3O2/c24-22-19(11-17-6-1-2-9-21(17)26-22)13-25-20-8-3-7-18(12-20)23(29)27-10-4-5-16(14-27)15-28/h1-3,6-9,11-12,16,25,28H,4-5,10,13-15H2. The number of hydrogen-bond donors (Lipinski definition) is 2. The third-order valence-electron chi connectivity index (χ3n) is 5.41. The number of para-hydroxylation sites is 1. The van der Waals surface area contributed by atoms with Crippen LogP contribution in [0.2, 0.25) is 5.15 Å². The van der Waals surface area contributed by atoms with Gasteiger partial charge in [-0.15, -0.1) is 0 Å². The van der Waals surface area contributed by atoms with Crippen LogP contribution in [0.25, 0.3) is 10.9 Å². The number of fused-ring (bicyclic) bond motifs is 1. The van der Waals surface area contributed by atoms with E-state index in [1.54, 1.807) is 0 Å². The monoisotopic (exact) mass is 409 g/mol. The number of aromatic nitrogens is 1. The topological polar surface area (TPSA) is 65.5 Å². The number of aliphatic hydroxyl groups is 1. The first kappa shape index (κ1) is 19.7. The molecule has 5 nitrogen and oxygen atoms in total. The Labute approximate surface area is 175 Å². The lowest BCUT2D eigenvalue weighted by Gasteiger charge is -2.32. The van der Waals surface area contributed by atoms with Crippen molar-refractivity contribution in [3.8, 4) is 0 Å². The molecule has 1 unspecified atom stereocenters. The third kappa shape index (κ3) is 4.52. The van der Waals surface area contributed by atoms with E-state index < -0.39 is 0 Å². The molecular formula is C23H24ClN3O2. The molecule has 0 spiro atoms. The van der Waals surface area contributed by atoms with Crippen LogP contribution in [0.3, 0.4) is 0 Å². The summed E-state index contributed by atoms with van der Waals surface area (Å²) in [6.07, 6.45) is 1.91. The SMILES string of the molecule is O=C(c1cccc(NCc2cc3ccccc3nc2Cl)c1)N1CCCC(CO)C1. The molecule has 1 saturated heterocycles. The average Bonchev–Trinajstić information content (AvgIpc) is 2.77. The molecule has 2 aromatic carbocycles. The molecule has 1 aliphatic heterocycles. The molecule has 1 aliphatic rings. The summed E-state index contributed by atoms with van der Waals surface area (Å²) in [5, 5.41) is 14.3. The van der Waals surface area contributed by atoms with Crippen LogP contribution in [0, 0.1) is 5.92 Å². The van der Waals surface area contributed by atoms with Crippen LogP contribution in [-0.4, -0.2) is 40.6 Å². The van der Waals surface area contributed by atoms with Gasteiger partial charge >= 0.3 is 0 Å². The molecule has 0 aliphatic carbocycles. The van der Waals surface area contributed by atoms with Gasteiger partial charge in [0.1, 0.15) is 5.15 Å². The first-order chi connectivity index (χ1) is 14.1. The van der Waals surface area contributed by atoms with Gasteiger partial charge in [0.05, 0.1) is 5.52 Å². The van der Waals surface area contributed by atoms with Gasteiger partial charge in [-0.3, -0.25) is 4.79 Å². The van der Waals surface area contributed by atoms with Crippen molar-refractivity contribution in [3.63, 3.8) is 0 Å². The number of benzene rings is 2. The fraction of sp³-hybridized carbons (Fsp3) is 0.304. The number of amides is 1. The van der Waals surface area contributed by atoms with Crippen LogP contribution in [-0.2, 0) is 6.54 Å². The van der Waals surface area contributed by atoms with Crippen molar-refractivity contribution in [2.45, 2.75) is 19.4 Å². The van der Waals surface area contributed by atoms with Crippen LogP contribution in [0.4, 0.5) is 5.69 Å². The van der Waals surface area contributed by atoms with Crippen molar-refractivity contribution in [3.05, 3.63) is 70.9 Å². The van der Waals surface area contributed by atoms with E-state index in [-0.39, 0.29) is 18.4 Å². The molecule has 1 aromatic heterocycles. The number of pyridine rings is 1. The van der Waals surface area contributed by atoms with Gasteiger partial charge in [-0.25, -0.2) is 4.98 Å². The molecule has 2 N–H and O–H groups in total. The highest BCUT2D eigenvalue weighted by Gasteiger charge is 2.24. The number of likely N-dealkylation sites (tertiary alicyclic amines) is 1. The quantitative estimate of drug-likeness (QED) is 0.615. The highest BCUT2D eigenvalue weighted by atomic mass is 35.5. The number of hydrogen-bond acceptors (Lipinski definition) is 4. The first-order valence-electron chi connectivity index (χ1n) is 9.92. The van der Waals surface area contributed by atoms with Gasteiger partial charge in [0.2, 0.25) is 0 Å². The molecule has 6 heteroatoms. The Kier molecular flexibility index (Phi) is 5.97. The molecule has 0 bridgehead atoms. The number of anilines is 1. The maximum atomic E-state index is 12.9. The smallest absolute Gasteiger partial charge is 0.253 e. The van der Waals surface area contributed by atoms with Crippen molar-refractivity contribution in [2.75, 3.05) is 25.0 Å². The molecule has 4 rings (SSSR count). The summed E-state index contributed by atoms with van der Waals surface area (Å²) in [4.78, 5) is 19.2. The van der Waals surface area contributed by atoms with Gasteiger partial charge in [0.25, 0.3) is 5.91 Å². The highest BCUT2D eigenvalue weighted by Crippen LogP contribution is 2.23. The van der Waals surface area contributed by atoms with Crippen molar-refractivity contribution >= 4 is 34.1 Å². The summed E-state index contributed by atoms with van der Waals surface area (Å²) in [7, 11) is 0. The van der Waals surface area contributed by atoms with E-state index in [0.29, 0.717) is 23.8 Å². The minimum atomic E-state index is 0.0113.